The monoisotopic (exact) mass is 368 g/mol. The predicted octanol–water partition coefficient (Wildman–Crippen LogP) is 3.88. The number of carbonyl (C=O) groups is 1. The second-order valence-corrected chi connectivity index (χ2v) is 6.23. The first-order chi connectivity index (χ1) is 13.5. The number of aromatic nitrogens is 1. The Morgan fingerprint density at radius 2 is 2.00 bits per heavy atom. The molecule has 0 bridgehead atoms. The Morgan fingerprint density at radius 1 is 1.18 bits per heavy atom. The van der Waals surface area contributed by atoms with E-state index >= 15 is 0 Å². The van der Waals surface area contributed by atoms with Crippen molar-refractivity contribution in [3.05, 3.63) is 71.4 Å². The summed E-state index contributed by atoms with van der Waals surface area (Å²) in [7, 11) is 1.64. The molecule has 28 heavy (non-hydrogen) atoms. The highest BCUT2D eigenvalue weighted by Crippen LogP contribution is 2.26. The zero-order chi connectivity index (χ0) is 20.1. The number of amides is 1. The molecule has 0 spiro atoms. The Morgan fingerprint density at radius 3 is 2.68 bits per heavy atom. The van der Waals surface area contributed by atoms with E-state index in [4.69, 9.17) is 16.8 Å². The van der Waals surface area contributed by atoms with Crippen molar-refractivity contribution in [2.75, 3.05) is 12.4 Å². The van der Waals surface area contributed by atoms with Gasteiger partial charge in [-0.3, -0.25) is 4.79 Å². The molecule has 0 saturated carbocycles. The standard InChI is InChI=1S/C23H20N4O/c1-4-16-5-8-20-18(14-16)7-10-21(26-20)17-6-9-19(15(2)13-17)27-23(28)22(25-3)11-12-24/h1,5-14,24-25H,2-3H3,(H,27,28)/b22-11-,24-12?. The minimum absolute atomic E-state index is 0.296. The van der Waals surface area contributed by atoms with Crippen molar-refractivity contribution >= 4 is 28.7 Å². The number of hydrogen-bond acceptors (Lipinski definition) is 4. The first-order valence-electron chi connectivity index (χ1n) is 8.74. The fourth-order valence-electron chi connectivity index (χ4n) is 2.88. The number of likely N-dealkylation sites (N-methyl/N-ethyl adjacent to an activating group) is 1. The van der Waals surface area contributed by atoms with Crippen LogP contribution in [0.2, 0.25) is 0 Å². The average molecular weight is 368 g/mol. The predicted molar refractivity (Wildman–Crippen MR) is 114 cm³/mol. The Bertz CT molecular complexity index is 1140. The molecule has 0 radical (unpaired) electrons. The molecule has 3 aromatic rings. The van der Waals surface area contributed by atoms with Gasteiger partial charge in [-0.1, -0.05) is 18.1 Å². The van der Waals surface area contributed by atoms with E-state index in [0.717, 1.165) is 39.5 Å². The summed E-state index contributed by atoms with van der Waals surface area (Å²) < 4.78 is 0. The summed E-state index contributed by atoms with van der Waals surface area (Å²) in [5, 5.41) is 13.7. The van der Waals surface area contributed by atoms with Crippen molar-refractivity contribution in [1.29, 1.82) is 5.41 Å². The molecule has 0 aliphatic carbocycles. The normalized spacial score (nSPS) is 11.0. The number of hydrogen-bond donors (Lipinski definition) is 3. The van der Waals surface area contributed by atoms with E-state index in [1.54, 1.807) is 7.05 Å². The van der Waals surface area contributed by atoms with Crippen molar-refractivity contribution in [2.45, 2.75) is 6.92 Å². The first kappa shape index (κ1) is 18.9. The molecule has 2 aromatic carbocycles. The highest BCUT2D eigenvalue weighted by molar-refractivity contribution is 6.05. The zero-order valence-electron chi connectivity index (χ0n) is 15.7. The van der Waals surface area contributed by atoms with Gasteiger partial charge in [0.15, 0.2) is 0 Å². The van der Waals surface area contributed by atoms with Gasteiger partial charge in [0, 0.05) is 35.5 Å². The third kappa shape index (κ3) is 3.92. The summed E-state index contributed by atoms with van der Waals surface area (Å²) in [4.78, 5) is 17.0. The number of rotatable bonds is 5. The van der Waals surface area contributed by atoms with Gasteiger partial charge in [0.2, 0.25) is 0 Å². The zero-order valence-corrected chi connectivity index (χ0v) is 15.7. The van der Waals surface area contributed by atoms with Crippen LogP contribution in [-0.2, 0) is 4.79 Å². The molecule has 0 unspecified atom stereocenters. The Balaban J connectivity index is 1.89. The van der Waals surface area contributed by atoms with Crippen LogP contribution >= 0.6 is 0 Å². The van der Waals surface area contributed by atoms with Crippen LogP contribution in [0.25, 0.3) is 22.2 Å². The molecule has 1 heterocycles. The lowest BCUT2D eigenvalue weighted by Gasteiger charge is -2.12. The molecule has 5 nitrogen and oxygen atoms in total. The van der Waals surface area contributed by atoms with Crippen molar-refractivity contribution in [2.24, 2.45) is 0 Å². The van der Waals surface area contributed by atoms with Gasteiger partial charge in [-0.25, -0.2) is 4.98 Å². The second kappa shape index (κ2) is 8.19. The molecule has 0 aliphatic rings. The maximum Gasteiger partial charge on any atom is 0.271 e. The molecule has 3 N–H and O–H groups in total. The van der Waals surface area contributed by atoms with Crippen LogP contribution in [0.4, 0.5) is 5.69 Å². The number of allylic oxidation sites excluding steroid dienone is 1. The SMILES string of the molecule is C#Cc1ccc2nc(-c3ccc(NC(=O)/C(=C/C=N)NC)c(C)c3)ccc2c1. The smallest absolute Gasteiger partial charge is 0.271 e. The summed E-state index contributed by atoms with van der Waals surface area (Å²) in [5.74, 6) is 2.34. The topological polar surface area (TPSA) is 77.9 Å². The third-order valence-corrected chi connectivity index (χ3v) is 4.39. The van der Waals surface area contributed by atoms with Crippen LogP contribution in [0.15, 0.2) is 60.3 Å². The van der Waals surface area contributed by atoms with Crippen molar-refractivity contribution in [3.8, 4) is 23.6 Å². The van der Waals surface area contributed by atoms with Gasteiger partial charge in [-0.05, 0) is 55.0 Å². The van der Waals surface area contributed by atoms with E-state index in [-0.39, 0.29) is 5.91 Å². The highest BCUT2D eigenvalue weighted by atomic mass is 16.2. The summed E-state index contributed by atoms with van der Waals surface area (Å²) >= 11 is 0. The molecule has 138 valence electrons. The fraction of sp³-hybridized carbons (Fsp3) is 0.0870. The number of aryl methyl sites for hydroxylation is 1. The Labute approximate surface area is 164 Å². The van der Waals surface area contributed by atoms with Gasteiger partial charge in [-0.15, -0.1) is 6.42 Å². The molecule has 0 aliphatic heterocycles. The van der Waals surface area contributed by atoms with Crippen LogP contribution in [0.5, 0.6) is 0 Å². The van der Waals surface area contributed by atoms with Gasteiger partial charge in [0.05, 0.1) is 11.2 Å². The van der Waals surface area contributed by atoms with Crippen molar-refractivity contribution in [1.82, 2.24) is 10.3 Å². The number of nitrogens with zero attached hydrogens (tertiary/aromatic N) is 1. The van der Waals surface area contributed by atoms with Gasteiger partial charge in [0.25, 0.3) is 5.91 Å². The Kier molecular flexibility index (Phi) is 5.52. The van der Waals surface area contributed by atoms with Crippen LogP contribution in [0.1, 0.15) is 11.1 Å². The van der Waals surface area contributed by atoms with E-state index in [9.17, 15) is 4.79 Å². The quantitative estimate of drug-likeness (QED) is 0.363. The van der Waals surface area contributed by atoms with E-state index < -0.39 is 0 Å². The number of benzene rings is 2. The fourth-order valence-corrected chi connectivity index (χ4v) is 2.88. The number of anilines is 1. The second-order valence-electron chi connectivity index (χ2n) is 6.23. The average Bonchev–Trinajstić information content (AvgIpc) is 2.72. The minimum atomic E-state index is -0.296. The largest absolute Gasteiger partial charge is 0.384 e. The van der Waals surface area contributed by atoms with E-state index in [1.165, 1.54) is 6.08 Å². The van der Waals surface area contributed by atoms with Crippen LogP contribution in [0.3, 0.4) is 0 Å². The molecule has 5 heteroatoms. The lowest BCUT2D eigenvalue weighted by molar-refractivity contribution is -0.113. The number of carbonyl (C=O) groups excluding carboxylic acids is 1. The summed E-state index contributed by atoms with van der Waals surface area (Å²) in [5.41, 5.74) is 5.46. The summed E-state index contributed by atoms with van der Waals surface area (Å²) in [6.07, 6.45) is 7.93. The van der Waals surface area contributed by atoms with Gasteiger partial charge in [-0.2, -0.15) is 0 Å². The molecule has 0 saturated heterocycles. The molecule has 1 amide bonds. The van der Waals surface area contributed by atoms with Crippen LogP contribution in [0, 0.1) is 24.7 Å². The van der Waals surface area contributed by atoms with Crippen LogP contribution in [-0.4, -0.2) is 24.2 Å². The van der Waals surface area contributed by atoms with E-state index in [2.05, 4.69) is 16.6 Å². The van der Waals surface area contributed by atoms with Crippen LogP contribution < -0.4 is 10.6 Å². The molecule has 0 fully saturated rings. The number of nitrogens with one attached hydrogen (secondary N) is 3. The highest BCUT2D eigenvalue weighted by Gasteiger charge is 2.10. The maximum absolute atomic E-state index is 12.3. The third-order valence-electron chi connectivity index (χ3n) is 4.39. The minimum Gasteiger partial charge on any atom is -0.384 e. The molecule has 0 atom stereocenters. The molecular weight excluding hydrogens is 348 g/mol. The van der Waals surface area contributed by atoms with Gasteiger partial charge in [0.1, 0.15) is 5.70 Å². The van der Waals surface area contributed by atoms with Gasteiger partial charge < -0.3 is 16.0 Å². The maximum atomic E-state index is 12.3. The molecule has 1 aromatic heterocycles. The lowest BCUT2D eigenvalue weighted by Crippen LogP contribution is -2.23. The molecular formula is C23H20N4O. The van der Waals surface area contributed by atoms with E-state index in [1.807, 2.05) is 55.5 Å². The number of pyridine rings is 1. The molecule has 3 rings (SSSR count). The van der Waals surface area contributed by atoms with Crippen molar-refractivity contribution < 1.29 is 4.79 Å². The van der Waals surface area contributed by atoms with E-state index in [0.29, 0.717) is 11.4 Å². The number of fused-ring (bicyclic) bond motifs is 1. The Hall–Kier alpha value is -3.91. The van der Waals surface area contributed by atoms with Crippen molar-refractivity contribution in [3.63, 3.8) is 0 Å². The summed E-state index contributed by atoms with van der Waals surface area (Å²) in [6.45, 7) is 1.93. The van der Waals surface area contributed by atoms with Gasteiger partial charge >= 0.3 is 0 Å². The number of terminal acetylenes is 1. The lowest BCUT2D eigenvalue weighted by atomic mass is 10.0. The summed E-state index contributed by atoms with van der Waals surface area (Å²) in [6, 6.07) is 15.5. The first-order valence-corrected chi connectivity index (χ1v) is 8.74.